The number of ether oxygens (including phenoxy) is 1. The molecule has 0 aromatic heterocycles. The predicted octanol–water partition coefficient (Wildman–Crippen LogP) is -0.457. The molecule has 5 heteroatoms. The summed E-state index contributed by atoms with van der Waals surface area (Å²) in [5, 5.41) is 8.66. The Morgan fingerprint density at radius 3 is 3.00 bits per heavy atom. The maximum Gasteiger partial charge on any atom is 0.352 e. The van der Waals surface area contributed by atoms with Crippen LogP contribution in [0.4, 0.5) is 0 Å². The molecular weight excluding hydrogens is 162 g/mol. The van der Waals surface area contributed by atoms with E-state index in [1.54, 1.807) is 4.90 Å². The van der Waals surface area contributed by atoms with Gasteiger partial charge in [-0.25, -0.2) is 9.59 Å². The lowest BCUT2D eigenvalue weighted by Crippen LogP contribution is -2.53. The number of nitrogens with zero attached hydrogens (tertiary/aromatic N) is 1. The molecule has 64 valence electrons. The minimum absolute atomic E-state index is 0.0440. The van der Waals surface area contributed by atoms with Crippen LogP contribution in [-0.4, -0.2) is 34.7 Å². The summed E-state index contributed by atoms with van der Waals surface area (Å²) in [7, 11) is 0. The Hall–Kier alpha value is -1.52. The van der Waals surface area contributed by atoms with Gasteiger partial charge in [-0.1, -0.05) is 0 Å². The van der Waals surface area contributed by atoms with Crippen molar-refractivity contribution in [2.24, 2.45) is 0 Å². The van der Waals surface area contributed by atoms with E-state index in [-0.39, 0.29) is 11.9 Å². The molecule has 0 aliphatic carbocycles. The molecular formula is C7H7NO4. The fourth-order valence-corrected chi connectivity index (χ4v) is 1.31. The van der Waals surface area contributed by atoms with Crippen molar-refractivity contribution in [1.29, 1.82) is 0 Å². The summed E-state index contributed by atoms with van der Waals surface area (Å²) >= 11 is 0. The monoisotopic (exact) mass is 169 g/mol. The number of aliphatic carboxylic acids is 1. The highest BCUT2D eigenvalue weighted by Gasteiger charge is 2.39. The molecule has 12 heavy (non-hydrogen) atoms. The molecule has 0 aromatic carbocycles. The van der Waals surface area contributed by atoms with Gasteiger partial charge in [-0.2, -0.15) is 0 Å². The van der Waals surface area contributed by atoms with Crippen LogP contribution in [0.25, 0.3) is 0 Å². The molecule has 1 unspecified atom stereocenters. The van der Waals surface area contributed by atoms with Crippen molar-refractivity contribution in [1.82, 2.24) is 4.90 Å². The number of hydrogen-bond donors (Lipinski definition) is 1. The van der Waals surface area contributed by atoms with Gasteiger partial charge in [0, 0.05) is 13.0 Å². The van der Waals surface area contributed by atoms with Crippen molar-refractivity contribution in [3.05, 3.63) is 11.8 Å². The fraction of sp³-hybridized carbons (Fsp3) is 0.429. The lowest BCUT2D eigenvalue weighted by Gasteiger charge is -2.43. The van der Waals surface area contributed by atoms with Gasteiger partial charge in [-0.05, 0) is 0 Å². The molecule has 0 bridgehead atoms. The average Bonchev–Trinajstić information content (AvgIpc) is 1.95. The number of rotatable bonds is 1. The summed E-state index contributed by atoms with van der Waals surface area (Å²) in [6.45, 7) is 0.649. The zero-order valence-corrected chi connectivity index (χ0v) is 6.19. The van der Waals surface area contributed by atoms with Crippen LogP contribution < -0.4 is 0 Å². The van der Waals surface area contributed by atoms with Crippen LogP contribution in [0.5, 0.6) is 0 Å². The molecule has 0 aromatic rings. The Morgan fingerprint density at radius 2 is 2.50 bits per heavy atom. The van der Waals surface area contributed by atoms with E-state index < -0.39 is 11.9 Å². The highest BCUT2D eigenvalue weighted by Crippen LogP contribution is 2.27. The third kappa shape index (κ3) is 0.861. The lowest BCUT2D eigenvalue weighted by atomic mass is 10.1. The molecule has 1 saturated heterocycles. The van der Waals surface area contributed by atoms with E-state index >= 15 is 0 Å². The molecule has 5 nitrogen and oxygen atoms in total. The topological polar surface area (TPSA) is 66.8 Å². The standard InChI is InChI=1S/C7H7NO4/c9-6-3-4(7(10)11)8-2-1-5(8)12-6/h3,5H,1-2H2,(H,10,11). The molecule has 2 aliphatic rings. The molecule has 1 fully saturated rings. The quantitative estimate of drug-likeness (QED) is 0.538. The first-order valence-electron chi connectivity index (χ1n) is 3.61. The summed E-state index contributed by atoms with van der Waals surface area (Å²) in [6.07, 6.45) is 1.39. The van der Waals surface area contributed by atoms with Crippen molar-refractivity contribution in [2.75, 3.05) is 6.54 Å². The Balaban J connectivity index is 2.29. The molecule has 2 rings (SSSR count). The Kier molecular flexibility index (Phi) is 1.33. The zero-order valence-electron chi connectivity index (χ0n) is 6.19. The SMILES string of the molecule is O=C1C=C(C(=O)O)N2CCC2O1. The van der Waals surface area contributed by atoms with Crippen LogP contribution in [0.15, 0.2) is 11.8 Å². The van der Waals surface area contributed by atoms with Crippen LogP contribution >= 0.6 is 0 Å². The Morgan fingerprint density at radius 1 is 1.75 bits per heavy atom. The van der Waals surface area contributed by atoms with E-state index in [2.05, 4.69) is 0 Å². The van der Waals surface area contributed by atoms with Crippen molar-refractivity contribution < 1.29 is 19.4 Å². The number of carbonyl (C=O) groups is 2. The third-order valence-electron chi connectivity index (χ3n) is 2.00. The van der Waals surface area contributed by atoms with Gasteiger partial charge in [-0.3, -0.25) is 0 Å². The van der Waals surface area contributed by atoms with E-state index in [0.717, 1.165) is 12.5 Å². The molecule has 2 aliphatic heterocycles. The Labute approximate surface area is 68.2 Å². The minimum atomic E-state index is -1.07. The molecule has 0 amide bonds. The molecule has 1 atom stereocenters. The van der Waals surface area contributed by atoms with Crippen LogP contribution in [0, 0.1) is 0 Å². The summed E-state index contributed by atoms with van der Waals surface area (Å²) < 4.78 is 4.81. The summed E-state index contributed by atoms with van der Waals surface area (Å²) in [4.78, 5) is 22.9. The smallest absolute Gasteiger partial charge is 0.352 e. The summed E-state index contributed by atoms with van der Waals surface area (Å²) in [5.41, 5.74) is 0.0440. The maximum absolute atomic E-state index is 10.8. The molecule has 1 N–H and O–H groups in total. The first kappa shape index (κ1) is 7.15. The van der Waals surface area contributed by atoms with Crippen molar-refractivity contribution in [2.45, 2.75) is 12.6 Å². The minimum Gasteiger partial charge on any atom is -0.477 e. The second-order valence-corrected chi connectivity index (χ2v) is 2.71. The van der Waals surface area contributed by atoms with E-state index in [1.807, 2.05) is 0 Å². The van der Waals surface area contributed by atoms with Crippen LogP contribution in [-0.2, 0) is 14.3 Å². The van der Waals surface area contributed by atoms with Gasteiger partial charge in [-0.15, -0.1) is 0 Å². The number of carboxylic acid groups (broad SMARTS) is 1. The van der Waals surface area contributed by atoms with Crippen molar-refractivity contribution in [3.63, 3.8) is 0 Å². The first-order chi connectivity index (χ1) is 5.68. The second kappa shape index (κ2) is 2.23. The third-order valence-corrected chi connectivity index (χ3v) is 2.00. The van der Waals surface area contributed by atoms with Gasteiger partial charge in [0.2, 0.25) is 0 Å². The normalized spacial score (nSPS) is 26.7. The summed E-state index contributed by atoms with van der Waals surface area (Å²) in [6, 6.07) is 0. The molecule has 0 saturated carbocycles. The van der Waals surface area contributed by atoms with E-state index in [0.29, 0.717) is 6.54 Å². The van der Waals surface area contributed by atoms with Crippen LogP contribution in [0.3, 0.4) is 0 Å². The lowest BCUT2D eigenvalue weighted by molar-refractivity contribution is -0.171. The number of hydrogen-bond acceptors (Lipinski definition) is 4. The van der Waals surface area contributed by atoms with Crippen molar-refractivity contribution in [3.8, 4) is 0 Å². The first-order valence-corrected chi connectivity index (χ1v) is 3.61. The average molecular weight is 169 g/mol. The van der Waals surface area contributed by atoms with Gasteiger partial charge < -0.3 is 14.7 Å². The number of carboxylic acids is 1. The summed E-state index contributed by atoms with van der Waals surface area (Å²) in [5.74, 6) is -1.63. The van der Waals surface area contributed by atoms with Gasteiger partial charge in [0.05, 0.1) is 6.08 Å². The molecule has 0 radical (unpaired) electrons. The fourth-order valence-electron chi connectivity index (χ4n) is 1.31. The number of fused-ring (bicyclic) bond motifs is 1. The maximum atomic E-state index is 10.8. The van der Waals surface area contributed by atoms with Gasteiger partial charge in [0.25, 0.3) is 0 Å². The number of carbonyl (C=O) groups excluding carboxylic acids is 1. The molecule has 2 heterocycles. The van der Waals surface area contributed by atoms with Crippen molar-refractivity contribution >= 4 is 11.9 Å². The van der Waals surface area contributed by atoms with Crippen LogP contribution in [0.2, 0.25) is 0 Å². The zero-order chi connectivity index (χ0) is 8.72. The molecule has 0 spiro atoms. The number of esters is 1. The van der Waals surface area contributed by atoms with Gasteiger partial charge in [0.15, 0.2) is 6.23 Å². The second-order valence-electron chi connectivity index (χ2n) is 2.71. The van der Waals surface area contributed by atoms with E-state index in [4.69, 9.17) is 9.84 Å². The Bertz CT molecular complexity index is 283. The van der Waals surface area contributed by atoms with Gasteiger partial charge in [0.1, 0.15) is 5.70 Å². The van der Waals surface area contributed by atoms with E-state index in [9.17, 15) is 9.59 Å². The van der Waals surface area contributed by atoms with Gasteiger partial charge >= 0.3 is 11.9 Å². The van der Waals surface area contributed by atoms with Crippen LogP contribution in [0.1, 0.15) is 6.42 Å². The largest absolute Gasteiger partial charge is 0.477 e. The predicted molar refractivity (Wildman–Crippen MR) is 36.9 cm³/mol. The van der Waals surface area contributed by atoms with E-state index in [1.165, 1.54) is 0 Å². The highest BCUT2D eigenvalue weighted by atomic mass is 16.6. The highest BCUT2D eigenvalue weighted by molar-refractivity contribution is 5.96.